The minimum absolute atomic E-state index is 0.0997. The number of benzene rings is 2. The molecule has 2 aromatic carbocycles. The summed E-state index contributed by atoms with van der Waals surface area (Å²) in [4.78, 5) is 20.9. The molecule has 0 saturated carbocycles. The van der Waals surface area contributed by atoms with E-state index in [0.717, 1.165) is 0 Å². The van der Waals surface area contributed by atoms with E-state index in [9.17, 15) is 14.9 Å². The van der Waals surface area contributed by atoms with Crippen LogP contribution >= 0.6 is 11.6 Å². The van der Waals surface area contributed by atoms with Crippen molar-refractivity contribution >= 4 is 23.3 Å². The van der Waals surface area contributed by atoms with Crippen LogP contribution in [0, 0.1) is 10.1 Å². The summed E-state index contributed by atoms with van der Waals surface area (Å²) >= 11 is 5.93. The fraction of sp³-hybridized carbons (Fsp3) is 0.133. The highest BCUT2D eigenvalue weighted by Gasteiger charge is 2.17. The molecular weight excluding hydrogens is 326 g/mol. The Kier molecular flexibility index (Phi) is 5.02. The quantitative estimate of drug-likeness (QED) is 0.634. The van der Waals surface area contributed by atoms with E-state index in [0.29, 0.717) is 11.5 Å². The molecule has 0 fully saturated rings. The van der Waals surface area contributed by atoms with Crippen LogP contribution in [0.4, 0.5) is 5.69 Å². The van der Waals surface area contributed by atoms with Crippen LogP contribution in [0.25, 0.3) is 0 Å². The molecule has 2 rings (SSSR count). The number of hydrogen-bond acceptors (Lipinski definition) is 5. The molecule has 0 heterocycles. The third kappa shape index (κ3) is 4.10. The largest absolute Gasteiger partial charge is 0.479 e. The van der Waals surface area contributed by atoms with Crippen molar-refractivity contribution in [1.82, 2.24) is 0 Å². The first-order valence-electron chi connectivity index (χ1n) is 6.48. The number of nitro groups is 1. The standard InChI is InChI=1S/C15H12ClNO6/c1-9(15(18)19)22-10-5-7-11(8-6-10)23-13-4-2-3-12(14(13)16)17(20)21/h2-9H,1H3,(H,18,19). The number of aliphatic carboxylic acids is 1. The molecule has 0 saturated heterocycles. The number of nitro benzene ring substituents is 1. The smallest absolute Gasteiger partial charge is 0.344 e. The molecule has 2 aromatic rings. The van der Waals surface area contributed by atoms with Gasteiger partial charge in [-0.15, -0.1) is 0 Å². The van der Waals surface area contributed by atoms with Gasteiger partial charge in [-0.05, 0) is 37.3 Å². The summed E-state index contributed by atoms with van der Waals surface area (Å²) in [5.74, 6) is -0.192. The highest BCUT2D eigenvalue weighted by atomic mass is 35.5. The fourth-order valence-corrected chi connectivity index (χ4v) is 1.92. The van der Waals surface area contributed by atoms with E-state index < -0.39 is 17.0 Å². The molecule has 120 valence electrons. The van der Waals surface area contributed by atoms with Gasteiger partial charge in [0.05, 0.1) is 4.92 Å². The molecule has 1 N–H and O–H groups in total. The Labute approximate surface area is 136 Å². The van der Waals surface area contributed by atoms with Crippen molar-refractivity contribution < 1.29 is 24.3 Å². The zero-order valence-corrected chi connectivity index (χ0v) is 12.7. The van der Waals surface area contributed by atoms with Crippen molar-refractivity contribution in [3.05, 3.63) is 57.6 Å². The Bertz CT molecular complexity index is 731. The summed E-state index contributed by atoms with van der Waals surface area (Å²) in [5, 5.41) is 19.5. The van der Waals surface area contributed by atoms with E-state index in [1.165, 1.54) is 37.3 Å². The van der Waals surface area contributed by atoms with Crippen molar-refractivity contribution in [2.24, 2.45) is 0 Å². The van der Waals surface area contributed by atoms with Gasteiger partial charge in [0.25, 0.3) is 5.69 Å². The van der Waals surface area contributed by atoms with Crippen molar-refractivity contribution in [3.63, 3.8) is 0 Å². The van der Waals surface area contributed by atoms with E-state index in [-0.39, 0.29) is 16.5 Å². The fourth-order valence-electron chi connectivity index (χ4n) is 1.69. The van der Waals surface area contributed by atoms with Crippen LogP contribution < -0.4 is 9.47 Å². The van der Waals surface area contributed by atoms with Gasteiger partial charge in [-0.25, -0.2) is 4.79 Å². The van der Waals surface area contributed by atoms with Crippen LogP contribution in [0.15, 0.2) is 42.5 Å². The minimum Gasteiger partial charge on any atom is -0.479 e. The van der Waals surface area contributed by atoms with E-state index in [2.05, 4.69) is 0 Å². The lowest BCUT2D eigenvalue weighted by atomic mass is 10.3. The number of nitrogens with zero attached hydrogens (tertiary/aromatic N) is 1. The van der Waals surface area contributed by atoms with Crippen LogP contribution in [0.3, 0.4) is 0 Å². The van der Waals surface area contributed by atoms with Gasteiger partial charge in [-0.1, -0.05) is 17.7 Å². The van der Waals surface area contributed by atoms with Crippen LogP contribution in [0.2, 0.25) is 5.02 Å². The number of rotatable bonds is 6. The molecule has 23 heavy (non-hydrogen) atoms. The van der Waals surface area contributed by atoms with Crippen LogP contribution in [0.1, 0.15) is 6.92 Å². The van der Waals surface area contributed by atoms with Gasteiger partial charge < -0.3 is 14.6 Å². The highest BCUT2D eigenvalue weighted by molar-refractivity contribution is 6.34. The summed E-state index contributed by atoms with van der Waals surface area (Å²) in [6.45, 7) is 1.41. The van der Waals surface area contributed by atoms with Gasteiger partial charge in [-0.2, -0.15) is 0 Å². The van der Waals surface area contributed by atoms with Crippen molar-refractivity contribution in [2.75, 3.05) is 0 Å². The average Bonchev–Trinajstić information content (AvgIpc) is 2.50. The van der Waals surface area contributed by atoms with Gasteiger partial charge in [0, 0.05) is 6.07 Å². The second-order valence-corrected chi connectivity index (χ2v) is 4.90. The van der Waals surface area contributed by atoms with Crippen LogP contribution in [-0.4, -0.2) is 22.1 Å². The molecule has 7 nitrogen and oxygen atoms in total. The maximum Gasteiger partial charge on any atom is 0.344 e. The lowest BCUT2D eigenvalue weighted by Crippen LogP contribution is -2.22. The molecule has 0 spiro atoms. The first-order valence-corrected chi connectivity index (χ1v) is 6.86. The van der Waals surface area contributed by atoms with Gasteiger partial charge in [0.15, 0.2) is 16.9 Å². The molecule has 0 aliphatic heterocycles. The van der Waals surface area contributed by atoms with Crippen LogP contribution in [0.5, 0.6) is 17.2 Å². The minimum atomic E-state index is -1.08. The second kappa shape index (κ2) is 6.97. The monoisotopic (exact) mass is 337 g/mol. The molecular formula is C15H12ClNO6. The number of carboxylic acid groups (broad SMARTS) is 1. The van der Waals surface area contributed by atoms with Crippen molar-refractivity contribution in [2.45, 2.75) is 13.0 Å². The maximum absolute atomic E-state index is 10.8. The molecule has 0 aliphatic rings. The molecule has 1 unspecified atom stereocenters. The molecule has 0 aliphatic carbocycles. The zero-order valence-electron chi connectivity index (χ0n) is 11.9. The molecule has 0 amide bonds. The van der Waals surface area contributed by atoms with Crippen molar-refractivity contribution in [3.8, 4) is 17.2 Å². The molecule has 0 aromatic heterocycles. The lowest BCUT2D eigenvalue weighted by molar-refractivity contribution is -0.384. The van der Waals surface area contributed by atoms with E-state index in [1.807, 2.05) is 0 Å². The van der Waals surface area contributed by atoms with Gasteiger partial charge in [0.1, 0.15) is 11.5 Å². The Balaban J connectivity index is 2.14. The van der Waals surface area contributed by atoms with Gasteiger partial charge in [0.2, 0.25) is 0 Å². The predicted molar refractivity (Wildman–Crippen MR) is 82.3 cm³/mol. The second-order valence-electron chi connectivity index (χ2n) is 4.52. The molecule has 0 bridgehead atoms. The summed E-state index contributed by atoms with van der Waals surface area (Å²) < 4.78 is 10.7. The maximum atomic E-state index is 10.8. The summed E-state index contributed by atoms with van der Waals surface area (Å²) in [6.07, 6.45) is -0.979. The predicted octanol–water partition coefficient (Wildman–Crippen LogP) is 3.89. The van der Waals surface area contributed by atoms with Gasteiger partial charge in [-0.3, -0.25) is 10.1 Å². The van der Waals surface area contributed by atoms with Gasteiger partial charge >= 0.3 is 5.97 Å². The number of hydrogen-bond donors (Lipinski definition) is 1. The Morgan fingerprint density at radius 1 is 1.22 bits per heavy atom. The number of carbonyl (C=O) groups is 1. The number of halogens is 1. The number of carboxylic acids is 1. The first-order chi connectivity index (χ1) is 10.9. The molecule has 1 atom stereocenters. The summed E-state index contributed by atoms with van der Waals surface area (Å²) in [6, 6.07) is 10.4. The third-order valence-corrected chi connectivity index (χ3v) is 3.23. The summed E-state index contributed by atoms with van der Waals surface area (Å²) in [5.41, 5.74) is -0.251. The summed E-state index contributed by atoms with van der Waals surface area (Å²) in [7, 11) is 0. The van der Waals surface area contributed by atoms with Crippen molar-refractivity contribution in [1.29, 1.82) is 0 Å². The number of ether oxygens (including phenoxy) is 2. The third-order valence-electron chi connectivity index (χ3n) is 2.85. The average molecular weight is 338 g/mol. The van der Waals surface area contributed by atoms with E-state index >= 15 is 0 Å². The molecule has 8 heteroatoms. The topological polar surface area (TPSA) is 98.9 Å². The lowest BCUT2D eigenvalue weighted by Gasteiger charge is -2.11. The Hall–Kier alpha value is -2.80. The normalized spacial score (nSPS) is 11.6. The molecule has 0 radical (unpaired) electrons. The first kappa shape index (κ1) is 16.6. The van der Waals surface area contributed by atoms with Crippen LogP contribution in [-0.2, 0) is 4.79 Å². The zero-order chi connectivity index (χ0) is 17.0. The highest BCUT2D eigenvalue weighted by Crippen LogP contribution is 2.36. The van der Waals surface area contributed by atoms with E-state index in [1.54, 1.807) is 12.1 Å². The Morgan fingerprint density at radius 2 is 1.83 bits per heavy atom. The Morgan fingerprint density at radius 3 is 2.39 bits per heavy atom. The van der Waals surface area contributed by atoms with E-state index in [4.69, 9.17) is 26.2 Å². The SMILES string of the molecule is CC(Oc1ccc(Oc2cccc([N+](=O)[O-])c2Cl)cc1)C(=O)O.